The first-order chi connectivity index (χ1) is 5.45. The van der Waals surface area contributed by atoms with Gasteiger partial charge in [-0.25, -0.2) is 0 Å². The van der Waals surface area contributed by atoms with Gasteiger partial charge in [0.25, 0.3) is 0 Å². The molecule has 0 radical (unpaired) electrons. The number of furan rings is 1. The van der Waals surface area contributed by atoms with Crippen molar-refractivity contribution >= 4 is 0 Å². The van der Waals surface area contributed by atoms with Gasteiger partial charge in [-0.15, -0.1) is 0 Å². The predicted octanol–water partition coefficient (Wildman–Crippen LogP) is 1.56. The summed E-state index contributed by atoms with van der Waals surface area (Å²) in [7, 11) is 0. The molecule has 1 aliphatic carbocycles. The molecule has 1 saturated heterocycles. The van der Waals surface area contributed by atoms with Crippen LogP contribution in [0.4, 0.5) is 0 Å². The van der Waals surface area contributed by atoms with Crippen molar-refractivity contribution in [2.45, 2.75) is 12.5 Å². The van der Waals surface area contributed by atoms with Gasteiger partial charge in [-0.05, 0) is 36.9 Å². The van der Waals surface area contributed by atoms with Gasteiger partial charge in [0.1, 0.15) is 5.76 Å². The van der Waals surface area contributed by atoms with Crippen LogP contribution in [0.5, 0.6) is 0 Å². The molecule has 58 valence electrons. The molecule has 3 atom stereocenters. The van der Waals surface area contributed by atoms with Gasteiger partial charge in [-0.1, -0.05) is 0 Å². The minimum absolute atomic E-state index is 0.523. The van der Waals surface area contributed by atoms with Crippen molar-refractivity contribution in [1.29, 1.82) is 0 Å². The highest BCUT2D eigenvalue weighted by molar-refractivity contribution is 5.14. The zero-order valence-corrected chi connectivity index (χ0v) is 6.29. The number of hydrogen-bond acceptors (Lipinski definition) is 2. The molecular weight excluding hydrogens is 138 g/mol. The Morgan fingerprint density at radius 1 is 1.55 bits per heavy atom. The van der Waals surface area contributed by atoms with Crippen LogP contribution in [0.1, 0.15) is 18.2 Å². The van der Waals surface area contributed by atoms with Crippen LogP contribution in [0.2, 0.25) is 0 Å². The number of hydrogen-bond donors (Lipinski definition) is 1. The minimum Gasteiger partial charge on any atom is -0.468 e. The van der Waals surface area contributed by atoms with E-state index < -0.39 is 0 Å². The second kappa shape index (κ2) is 1.89. The van der Waals surface area contributed by atoms with Crippen LogP contribution in [0, 0.1) is 11.8 Å². The first-order valence-electron chi connectivity index (χ1n) is 4.22. The molecule has 2 heteroatoms. The molecular formula is C9H11NO. The topological polar surface area (TPSA) is 25.2 Å². The molecule has 1 aromatic heterocycles. The van der Waals surface area contributed by atoms with Gasteiger partial charge in [0, 0.05) is 0 Å². The van der Waals surface area contributed by atoms with E-state index >= 15 is 0 Å². The van der Waals surface area contributed by atoms with Crippen LogP contribution in [-0.4, -0.2) is 6.54 Å². The van der Waals surface area contributed by atoms with Crippen molar-refractivity contribution in [3.63, 3.8) is 0 Å². The fraction of sp³-hybridized carbons (Fsp3) is 0.556. The second-order valence-corrected chi connectivity index (χ2v) is 3.56. The summed E-state index contributed by atoms with van der Waals surface area (Å²) < 4.78 is 5.35. The molecule has 0 bridgehead atoms. The van der Waals surface area contributed by atoms with E-state index in [0.717, 1.165) is 17.6 Å². The molecule has 3 unspecified atom stereocenters. The standard InChI is InChI=1S/C9H11NO/c1-2-8(11-3-1)9-7-4-6(7)5-10-9/h1-3,6-7,9-10H,4-5H2. The largest absolute Gasteiger partial charge is 0.468 e. The summed E-state index contributed by atoms with van der Waals surface area (Å²) >= 11 is 0. The lowest BCUT2D eigenvalue weighted by atomic mass is 10.1. The molecule has 11 heavy (non-hydrogen) atoms. The molecule has 1 aromatic rings. The van der Waals surface area contributed by atoms with E-state index in [1.807, 2.05) is 6.07 Å². The molecule has 0 amide bonds. The average molecular weight is 149 g/mol. The quantitative estimate of drug-likeness (QED) is 0.655. The highest BCUT2D eigenvalue weighted by Crippen LogP contribution is 2.51. The maximum Gasteiger partial charge on any atom is 0.120 e. The van der Waals surface area contributed by atoms with E-state index in [2.05, 4.69) is 11.4 Å². The Bertz CT molecular complexity index is 255. The van der Waals surface area contributed by atoms with Crippen molar-refractivity contribution in [3.8, 4) is 0 Å². The monoisotopic (exact) mass is 149 g/mol. The molecule has 2 heterocycles. The molecule has 3 rings (SSSR count). The Morgan fingerprint density at radius 3 is 3.09 bits per heavy atom. The maximum atomic E-state index is 5.35. The van der Waals surface area contributed by atoms with Crippen LogP contribution >= 0.6 is 0 Å². The van der Waals surface area contributed by atoms with E-state index in [0.29, 0.717) is 6.04 Å². The summed E-state index contributed by atoms with van der Waals surface area (Å²) in [6.45, 7) is 1.19. The van der Waals surface area contributed by atoms with E-state index in [-0.39, 0.29) is 0 Å². The van der Waals surface area contributed by atoms with E-state index in [4.69, 9.17) is 4.42 Å². The third kappa shape index (κ3) is 0.760. The molecule has 2 aliphatic rings. The summed E-state index contributed by atoms with van der Waals surface area (Å²) in [5, 5.41) is 3.46. The number of rotatable bonds is 1. The van der Waals surface area contributed by atoms with Gasteiger partial charge in [0.05, 0.1) is 12.3 Å². The minimum atomic E-state index is 0.523. The van der Waals surface area contributed by atoms with Gasteiger partial charge >= 0.3 is 0 Å². The first-order valence-corrected chi connectivity index (χ1v) is 4.22. The summed E-state index contributed by atoms with van der Waals surface area (Å²) in [6, 6.07) is 4.56. The lowest BCUT2D eigenvalue weighted by Gasteiger charge is -2.08. The molecule has 0 aromatic carbocycles. The molecule has 2 nitrogen and oxygen atoms in total. The Labute approximate surface area is 65.6 Å². The molecule has 0 spiro atoms. The maximum absolute atomic E-state index is 5.35. The average Bonchev–Trinajstić information content (AvgIpc) is 2.54. The Balaban J connectivity index is 1.89. The van der Waals surface area contributed by atoms with Gasteiger partial charge in [-0.3, -0.25) is 0 Å². The number of fused-ring (bicyclic) bond motifs is 1. The van der Waals surface area contributed by atoms with E-state index in [1.54, 1.807) is 6.26 Å². The summed E-state index contributed by atoms with van der Waals surface area (Å²) in [5.41, 5.74) is 0. The van der Waals surface area contributed by atoms with Crippen LogP contribution < -0.4 is 5.32 Å². The fourth-order valence-electron chi connectivity index (χ4n) is 2.12. The highest BCUT2D eigenvalue weighted by Gasteiger charge is 2.49. The van der Waals surface area contributed by atoms with Crippen molar-refractivity contribution in [1.82, 2.24) is 5.32 Å². The summed E-state index contributed by atoms with van der Waals surface area (Å²) in [4.78, 5) is 0. The lowest BCUT2D eigenvalue weighted by Crippen LogP contribution is -2.17. The molecule has 1 aliphatic heterocycles. The Kier molecular flexibility index (Phi) is 1.00. The Hall–Kier alpha value is -0.760. The van der Waals surface area contributed by atoms with Crippen molar-refractivity contribution in [2.75, 3.05) is 6.54 Å². The van der Waals surface area contributed by atoms with Crippen LogP contribution in [-0.2, 0) is 0 Å². The van der Waals surface area contributed by atoms with Crippen LogP contribution in [0.15, 0.2) is 22.8 Å². The molecule has 1 N–H and O–H groups in total. The van der Waals surface area contributed by atoms with Crippen molar-refractivity contribution in [3.05, 3.63) is 24.2 Å². The number of piperidine rings is 1. The van der Waals surface area contributed by atoms with Gasteiger partial charge in [0.15, 0.2) is 0 Å². The predicted molar refractivity (Wildman–Crippen MR) is 41.0 cm³/mol. The van der Waals surface area contributed by atoms with Gasteiger partial charge in [0.2, 0.25) is 0 Å². The first kappa shape index (κ1) is 5.84. The lowest BCUT2D eigenvalue weighted by molar-refractivity contribution is 0.418. The van der Waals surface area contributed by atoms with Crippen molar-refractivity contribution in [2.24, 2.45) is 11.8 Å². The SMILES string of the molecule is c1coc(C2NCC3CC32)c1. The van der Waals surface area contributed by atoms with E-state index in [1.165, 1.54) is 13.0 Å². The van der Waals surface area contributed by atoms with E-state index in [9.17, 15) is 0 Å². The second-order valence-electron chi connectivity index (χ2n) is 3.56. The van der Waals surface area contributed by atoms with Gasteiger partial charge < -0.3 is 9.73 Å². The van der Waals surface area contributed by atoms with Crippen LogP contribution in [0.25, 0.3) is 0 Å². The van der Waals surface area contributed by atoms with Crippen molar-refractivity contribution < 1.29 is 4.42 Å². The summed E-state index contributed by atoms with van der Waals surface area (Å²) in [5.74, 6) is 2.95. The molecule has 1 saturated carbocycles. The fourth-order valence-corrected chi connectivity index (χ4v) is 2.12. The van der Waals surface area contributed by atoms with Crippen LogP contribution in [0.3, 0.4) is 0 Å². The zero-order chi connectivity index (χ0) is 7.26. The third-order valence-electron chi connectivity index (χ3n) is 2.86. The summed E-state index contributed by atoms with van der Waals surface area (Å²) in [6.07, 6.45) is 3.16. The Morgan fingerprint density at radius 2 is 2.55 bits per heavy atom. The molecule has 2 fully saturated rings. The number of nitrogens with one attached hydrogen (secondary N) is 1. The highest BCUT2D eigenvalue weighted by atomic mass is 16.3. The smallest absolute Gasteiger partial charge is 0.120 e. The zero-order valence-electron chi connectivity index (χ0n) is 6.29. The normalized spacial score (nSPS) is 40.5. The third-order valence-corrected chi connectivity index (χ3v) is 2.86. The van der Waals surface area contributed by atoms with Gasteiger partial charge in [-0.2, -0.15) is 0 Å².